The second kappa shape index (κ2) is 8.19. The number of hydrogen-bond acceptors (Lipinski definition) is 3. The Morgan fingerprint density at radius 3 is 2.41 bits per heavy atom. The van der Waals surface area contributed by atoms with Gasteiger partial charge in [-0.15, -0.1) is 0 Å². The van der Waals surface area contributed by atoms with Gasteiger partial charge in [-0.1, -0.05) is 30.3 Å². The summed E-state index contributed by atoms with van der Waals surface area (Å²) in [7, 11) is 0. The molecule has 2 amide bonds. The van der Waals surface area contributed by atoms with Crippen molar-refractivity contribution in [3.8, 4) is 6.07 Å². The van der Waals surface area contributed by atoms with Crippen molar-refractivity contribution in [2.75, 3.05) is 10.6 Å². The molecule has 2 N–H and O–H groups in total. The maximum Gasteiger partial charge on any atom is 0.471 e. The van der Waals surface area contributed by atoms with E-state index in [1.165, 1.54) is 30.3 Å². The number of aryl methyl sites for hydroxylation is 1. The lowest BCUT2D eigenvalue weighted by atomic mass is 10.1. The van der Waals surface area contributed by atoms with E-state index in [-0.39, 0.29) is 16.8 Å². The normalized spacial score (nSPS) is 11.4. The molecule has 2 rings (SSSR count). The van der Waals surface area contributed by atoms with Crippen molar-refractivity contribution in [1.82, 2.24) is 0 Å². The smallest absolute Gasteiger partial charge is 0.321 e. The van der Waals surface area contributed by atoms with Gasteiger partial charge in [0.15, 0.2) is 0 Å². The Morgan fingerprint density at radius 1 is 1.07 bits per heavy atom. The van der Waals surface area contributed by atoms with E-state index in [0.29, 0.717) is 5.69 Å². The molecule has 2 aromatic carbocycles. The van der Waals surface area contributed by atoms with Gasteiger partial charge in [0.25, 0.3) is 5.91 Å². The van der Waals surface area contributed by atoms with Crippen LogP contribution in [0.4, 0.5) is 24.5 Å². The number of benzene rings is 2. The molecule has 0 unspecified atom stereocenters. The van der Waals surface area contributed by atoms with Gasteiger partial charge in [0.05, 0.1) is 0 Å². The summed E-state index contributed by atoms with van der Waals surface area (Å²) in [6.07, 6.45) is -3.80. The molecule has 0 bridgehead atoms. The molecule has 0 atom stereocenters. The second-order valence-corrected chi connectivity index (χ2v) is 5.52. The van der Waals surface area contributed by atoms with E-state index in [1.807, 2.05) is 0 Å². The van der Waals surface area contributed by atoms with Crippen LogP contribution in [0.15, 0.2) is 54.1 Å². The van der Waals surface area contributed by atoms with Crippen molar-refractivity contribution in [1.29, 1.82) is 5.26 Å². The number of carbonyl (C=O) groups excluding carboxylic acids is 2. The molecular weight excluding hydrogens is 359 g/mol. The zero-order valence-electron chi connectivity index (χ0n) is 14.1. The maximum atomic E-state index is 12.3. The van der Waals surface area contributed by atoms with Crippen molar-refractivity contribution < 1.29 is 22.8 Å². The topological polar surface area (TPSA) is 82.0 Å². The summed E-state index contributed by atoms with van der Waals surface area (Å²) in [6.45, 7) is 1.79. The summed E-state index contributed by atoms with van der Waals surface area (Å²) < 4.78 is 37.0. The molecule has 5 nitrogen and oxygen atoms in total. The summed E-state index contributed by atoms with van der Waals surface area (Å²) in [5, 5.41) is 13.5. The number of anilines is 2. The van der Waals surface area contributed by atoms with Gasteiger partial charge in [0.1, 0.15) is 11.6 Å². The number of nitrogens with zero attached hydrogens (tertiary/aromatic N) is 1. The number of nitriles is 1. The summed E-state index contributed by atoms with van der Waals surface area (Å²) >= 11 is 0. The molecule has 0 spiro atoms. The van der Waals surface area contributed by atoms with Gasteiger partial charge in [-0.05, 0) is 42.3 Å². The molecule has 8 heteroatoms. The number of hydrogen-bond donors (Lipinski definition) is 2. The van der Waals surface area contributed by atoms with E-state index in [1.54, 1.807) is 42.6 Å². The molecule has 0 aliphatic carbocycles. The van der Waals surface area contributed by atoms with Crippen molar-refractivity contribution in [2.24, 2.45) is 0 Å². The molecule has 27 heavy (non-hydrogen) atoms. The van der Waals surface area contributed by atoms with Crippen LogP contribution in [0.3, 0.4) is 0 Å². The highest BCUT2D eigenvalue weighted by Crippen LogP contribution is 2.20. The standard InChI is InChI=1S/C19H14F3N3O2/c1-12-5-2-3-8-16(12)25-17(26)14(11-23)9-13-6-4-7-15(10-13)24-18(27)19(20,21)22/h2-10H,1H3,(H,24,27)(H,25,26)/b14-9+. The molecular formula is C19H14F3N3O2. The van der Waals surface area contributed by atoms with Crippen LogP contribution in [0.5, 0.6) is 0 Å². The molecule has 0 aliphatic heterocycles. The van der Waals surface area contributed by atoms with Gasteiger partial charge < -0.3 is 10.6 Å². The lowest BCUT2D eigenvalue weighted by Gasteiger charge is -2.09. The molecule has 0 saturated carbocycles. The second-order valence-electron chi connectivity index (χ2n) is 5.52. The molecule has 0 aromatic heterocycles. The fourth-order valence-corrected chi connectivity index (χ4v) is 2.13. The fourth-order valence-electron chi connectivity index (χ4n) is 2.13. The van der Waals surface area contributed by atoms with Crippen LogP contribution < -0.4 is 10.6 Å². The van der Waals surface area contributed by atoms with Gasteiger partial charge >= 0.3 is 12.1 Å². The average molecular weight is 373 g/mol. The first-order chi connectivity index (χ1) is 12.7. The Bertz CT molecular complexity index is 944. The molecule has 0 fully saturated rings. The van der Waals surface area contributed by atoms with Gasteiger partial charge in [0.2, 0.25) is 0 Å². The number of alkyl halides is 3. The Hall–Kier alpha value is -3.60. The van der Waals surface area contributed by atoms with E-state index in [2.05, 4.69) is 5.32 Å². The fraction of sp³-hybridized carbons (Fsp3) is 0.105. The monoisotopic (exact) mass is 373 g/mol. The minimum Gasteiger partial charge on any atom is -0.321 e. The van der Waals surface area contributed by atoms with Crippen LogP contribution in [-0.2, 0) is 9.59 Å². The van der Waals surface area contributed by atoms with Gasteiger partial charge in [-0.3, -0.25) is 9.59 Å². The number of carbonyl (C=O) groups is 2. The predicted octanol–water partition coefficient (Wildman–Crippen LogP) is 4.04. The van der Waals surface area contributed by atoms with Crippen molar-refractivity contribution in [3.05, 3.63) is 65.2 Å². The number of rotatable bonds is 4. The van der Waals surface area contributed by atoms with Crippen LogP contribution in [-0.4, -0.2) is 18.0 Å². The predicted molar refractivity (Wildman–Crippen MR) is 94.5 cm³/mol. The zero-order chi connectivity index (χ0) is 20.0. The van der Waals surface area contributed by atoms with Crippen LogP contribution >= 0.6 is 0 Å². The highest BCUT2D eigenvalue weighted by molar-refractivity contribution is 6.10. The summed E-state index contributed by atoms with van der Waals surface area (Å²) in [5.41, 5.74) is 1.28. The molecule has 0 heterocycles. The van der Waals surface area contributed by atoms with E-state index in [4.69, 9.17) is 0 Å². The summed E-state index contributed by atoms with van der Waals surface area (Å²) in [5.74, 6) is -2.77. The van der Waals surface area contributed by atoms with E-state index < -0.39 is 18.0 Å². The van der Waals surface area contributed by atoms with Crippen LogP contribution in [0.2, 0.25) is 0 Å². The first-order valence-corrected chi connectivity index (χ1v) is 7.67. The molecule has 0 radical (unpaired) electrons. The average Bonchev–Trinajstić information content (AvgIpc) is 2.61. The molecule has 0 aliphatic rings. The summed E-state index contributed by atoms with van der Waals surface area (Å²) in [4.78, 5) is 23.3. The number of nitrogens with one attached hydrogen (secondary N) is 2. The highest BCUT2D eigenvalue weighted by atomic mass is 19.4. The van der Waals surface area contributed by atoms with Crippen molar-refractivity contribution >= 4 is 29.3 Å². The molecule has 2 aromatic rings. The maximum absolute atomic E-state index is 12.3. The molecule has 138 valence electrons. The Morgan fingerprint density at radius 2 is 1.78 bits per heavy atom. The van der Waals surface area contributed by atoms with Gasteiger partial charge in [-0.2, -0.15) is 18.4 Å². The zero-order valence-corrected chi connectivity index (χ0v) is 14.1. The van der Waals surface area contributed by atoms with Crippen LogP contribution in [0.1, 0.15) is 11.1 Å². The Balaban J connectivity index is 2.21. The molecule has 0 saturated heterocycles. The first kappa shape index (κ1) is 19.7. The van der Waals surface area contributed by atoms with Crippen molar-refractivity contribution in [2.45, 2.75) is 13.1 Å². The van der Waals surface area contributed by atoms with Crippen LogP contribution in [0, 0.1) is 18.3 Å². The number of halogens is 3. The third-order valence-corrected chi connectivity index (χ3v) is 3.47. The highest BCUT2D eigenvalue weighted by Gasteiger charge is 2.38. The Labute approximate surface area is 153 Å². The quantitative estimate of drug-likeness (QED) is 0.627. The van der Waals surface area contributed by atoms with E-state index in [9.17, 15) is 28.0 Å². The van der Waals surface area contributed by atoms with Gasteiger partial charge in [-0.25, -0.2) is 0 Å². The third-order valence-electron chi connectivity index (χ3n) is 3.47. The number of para-hydroxylation sites is 1. The largest absolute Gasteiger partial charge is 0.471 e. The van der Waals surface area contributed by atoms with Crippen molar-refractivity contribution in [3.63, 3.8) is 0 Å². The first-order valence-electron chi connectivity index (χ1n) is 7.67. The lowest BCUT2D eigenvalue weighted by Crippen LogP contribution is -2.29. The van der Waals surface area contributed by atoms with E-state index in [0.717, 1.165) is 5.56 Å². The van der Waals surface area contributed by atoms with E-state index >= 15 is 0 Å². The SMILES string of the molecule is Cc1ccccc1NC(=O)/C(C#N)=C/c1cccc(NC(=O)C(F)(F)F)c1. The third kappa shape index (κ3) is 5.44. The minimum absolute atomic E-state index is 0.109. The van der Waals surface area contributed by atoms with Crippen LogP contribution in [0.25, 0.3) is 6.08 Å². The Kier molecular flexibility index (Phi) is 5.98. The van der Waals surface area contributed by atoms with Gasteiger partial charge in [0, 0.05) is 11.4 Å². The lowest BCUT2D eigenvalue weighted by molar-refractivity contribution is -0.167. The summed E-state index contributed by atoms with van der Waals surface area (Å²) in [6, 6.07) is 14.1. The number of amides is 2. The minimum atomic E-state index is -5.02.